The fraction of sp³-hybridized carbons (Fsp3) is 0.620. The quantitative estimate of drug-likeness (QED) is 0.0512. The molecule has 2 heterocycles. The molecule has 1 fully saturated rings. The predicted octanol–water partition coefficient (Wildman–Crippen LogP) is 6.09. The largest absolute Gasteiger partial charge is 0.497 e. The van der Waals surface area contributed by atoms with Gasteiger partial charge in [-0.25, -0.2) is 9.59 Å². The Morgan fingerprint density at radius 2 is 1.54 bits per heavy atom. The average molecular weight is 996 g/mol. The number of nitrogens with one attached hydrogen (secondary N) is 3. The first-order valence-electron chi connectivity index (χ1n) is 23.7. The van der Waals surface area contributed by atoms with Crippen LogP contribution in [0.15, 0.2) is 76.4 Å². The van der Waals surface area contributed by atoms with Crippen LogP contribution in [-0.2, 0) is 45.8 Å². The van der Waals surface area contributed by atoms with Gasteiger partial charge in [-0.1, -0.05) is 97.9 Å². The molecule has 1 aliphatic heterocycles. The highest BCUT2D eigenvalue weighted by atomic mass is 28.4. The van der Waals surface area contributed by atoms with Gasteiger partial charge in [-0.05, 0) is 92.5 Å². The van der Waals surface area contributed by atoms with Gasteiger partial charge in [0.2, 0.25) is 15.7 Å². The van der Waals surface area contributed by atoms with Gasteiger partial charge in [0.05, 0.1) is 13.7 Å². The molecule has 69 heavy (non-hydrogen) atoms. The van der Waals surface area contributed by atoms with Gasteiger partial charge >= 0.3 is 17.8 Å². The number of hydrogen-bond acceptors (Lipinski definition) is 13. The minimum atomic E-state index is -2.73. The Morgan fingerprint density at radius 1 is 0.884 bits per heavy atom. The van der Waals surface area contributed by atoms with Gasteiger partial charge in [0.25, 0.3) is 5.56 Å². The summed E-state index contributed by atoms with van der Waals surface area (Å²) in [5, 5.41) is 20.7. The molecule has 4 N–H and O–H groups in total. The number of aliphatic hydroxyl groups is 1. The van der Waals surface area contributed by atoms with Crippen molar-refractivity contribution in [3.63, 3.8) is 0 Å². The van der Waals surface area contributed by atoms with Crippen LogP contribution in [0, 0.1) is 5.92 Å². The number of amides is 2. The van der Waals surface area contributed by atoms with E-state index in [9.17, 15) is 29.1 Å². The number of ether oxygens (including phenoxy) is 4. The van der Waals surface area contributed by atoms with Crippen LogP contribution in [0.25, 0.3) is 0 Å². The third kappa shape index (κ3) is 17.0. The lowest BCUT2D eigenvalue weighted by Gasteiger charge is -2.42. The Balaban J connectivity index is 1.65. The molecule has 7 atom stereocenters. The molecule has 1 aliphatic rings. The molecule has 382 valence electrons. The summed E-state index contributed by atoms with van der Waals surface area (Å²) < 4.78 is 39.6. The van der Waals surface area contributed by atoms with Crippen molar-refractivity contribution >= 4 is 36.1 Å². The lowest BCUT2D eigenvalue weighted by Crippen LogP contribution is -2.58. The van der Waals surface area contributed by atoms with Crippen molar-refractivity contribution in [1.29, 1.82) is 0 Å². The monoisotopic (exact) mass is 996 g/mol. The molecule has 0 saturated carbocycles. The predicted molar refractivity (Wildman–Crippen MR) is 268 cm³/mol. The highest BCUT2D eigenvalue weighted by molar-refractivity contribution is 6.74. The first-order chi connectivity index (χ1) is 32.1. The Kier molecular flexibility index (Phi) is 20.2. The molecule has 0 aliphatic carbocycles. The number of alkyl carbamates (subject to hydrolysis) is 1. The van der Waals surface area contributed by atoms with E-state index in [1.54, 1.807) is 52.1 Å². The average Bonchev–Trinajstić information content (AvgIpc) is 3.60. The van der Waals surface area contributed by atoms with E-state index in [2.05, 4.69) is 49.8 Å². The molecule has 2 amide bonds. The lowest BCUT2D eigenvalue weighted by molar-refractivity contribution is -0.166. The molecule has 3 aromatic rings. The van der Waals surface area contributed by atoms with E-state index >= 15 is 0 Å². The van der Waals surface area contributed by atoms with Crippen LogP contribution in [0.1, 0.15) is 106 Å². The fourth-order valence-corrected chi connectivity index (χ4v) is 9.20. The number of esters is 1. The number of rotatable bonds is 22. The summed E-state index contributed by atoms with van der Waals surface area (Å²) >= 11 is 0. The van der Waals surface area contributed by atoms with Crippen LogP contribution in [0.2, 0.25) is 23.2 Å². The SMILES string of the molecule is COc1ccc(Cn2c(=O)ccn([C@@H]3OC([C@H](O)[C@H](NCCCNC(=O)[C@@H](CC(C)C)NC(=O)OCc4ccccc4)C(=O)OC(C)(C)C)[C@@H](O[Si](C)(C)C(C)(C)C)[C@H]3O[Si]C(C)(C)C)c2=O)cc1. The number of aliphatic hydroxyl groups excluding tert-OH is 1. The molecule has 4 rings (SSSR count). The van der Waals surface area contributed by atoms with E-state index in [0.717, 1.165) is 10.1 Å². The van der Waals surface area contributed by atoms with Crippen LogP contribution < -0.4 is 31.9 Å². The summed E-state index contributed by atoms with van der Waals surface area (Å²) in [6.07, 6.45) is -4.76. The lowest BCUT2D eigenvalue weighted by atomic mass is 9.99. The Morgan fingerprint density at radius 3 is 2.12 bits per heavy atom. The number of carbonyl (C=O) groups is 3. The first-order valence-corrected chi connectivity index (χ1v) is 27.5. The number of nitrogens with zero attached hydrogens (tertiary/aromatic N) is 2. The second-order valence-corrected chi connectivity index (χ2v) is 28.2. The van der Waals surface area contributed by atoms with E-state index in [1.165, 1.54) is 16.8 Å². The van der Waals surface area contributed by atoms with E-state index in [1.807, 2.05) is 65.0 Å². The Bertz CT molecular complexity index is 2250. The normalized spacial score (nSPS) is 19.1. The van der Waals surface area contributed by atoms with Crippen LogP contribution >= 0.6 is 0 Å². The summed E-state index contributed by atoms with van der Waals surface area (Å²) in [5.41, 5.74) is -0.635. The van der Waals surface area contributed by atoms with Gasteiger partial charge in [0, 0.05) is 18.8 Å². The maximum absolute atomic E-state index is 14.5. The number of benzene rings is 2. The third-order valence-corrected chi connectivity index (χ3v) is 17.2. The second-order valence-electron chi connectivity index (χ2n) is 21.5. The molecule has 0 bridgehead atoms. The van der Waals surface area contributed by atoms with Crippen LogP contribution in [0.5, 0.6) is 5.75 Å². The maximum Gasteiger partial charge on any atom is 0.408 e. The fourth-order valence-electron chi connectivity index (χ4n) is 7.16. The van der Waals surface area contributed by atoms with Gasteiger partial charge in [-0.2, -0.15) is 0 Å². The second kappa shape index (κ2) is 24.5. The third-order valence-electron chi connectivity index (χ3n) is 11.7. The maximum atomic E-state index is 14.5. The zero-order chi connectivity index (χ0) is 51.5. The molecule has 19 heteroatoms. The molecular formula is C50H77N5O12Si2. The zero-order valence-corrected chi connectivity index (χ0v) is 45.0. The van der Waals surface area contributed by atoms with E-state index in [-0.39, 0.29) is 52.0 Å². The molecule has 17 nitrogen and oxygen atoms in total. The molecule has 2 radical (unpaired) electrons. The minimum Gasteiger partial charge on any atom is -0.497 e. The number of methoxy groups -OCH3 is 1. The number of hydrogen-bond donors (Lipinski definition) is 4. The summed E-state index contributed by atoms with van der Waals surface area (Å²) in [7, 11) is -1.28. The Labute approximate surface area is 411 Å². The first kappa shape index (κ1) is 56.9. The summed E-state index contributed by atoms with van der Waals surface area (Å²) in [6.45, 7) is 25.7. The van der Waals surface area contributed by atoms with Gasteiger partial charge in [0.15, 0.2) is 14.5 Å². The van der Waals surface area contributed by atoms with Gasteiger partial charge in [-0.3, -0.25) is 23.5 Å². The topological polar surface area (TPSA) is 207 Å². The van der Waals surface area contributed by atoms with E-state index in [0.29, 0.717) is 24.2 Å². The van der Waals surface area contributed by atoms with Crippen molar-refractivity contribution in [2.24, 2.45) is 5.92 Å². The molecule has 1 unspecified atom stereocenters. The number of carbonyl (C=O) groups excluding carboxylic acids is 3. The van der Waals surface area contributed by atoms with Crippen molar-refractivity contribution < 1.29 is 47.3 Å². The highest BCUT2D eigenvalue weighted by Crippen LogP contribution is 2.43. The van der Waals surface area contributed by atoms with Crippen LogP contribution in [0.4, 0.5) is 4.79 Å². The summed E-state index contributed by atoms with van der Waals surface area (Å²) in [5.74, 6) is -0.449. The highest BCUT2D eigenvalue weighted by Gasteiger charge is 2.56. The molecular weight excluding hydrogens is 919 g/mol. The van der Waals surface area contributed by atoms with Gasteiger partial charge < -0.3 is 48.9 Å². The van der Waals surface area contributed by atoms with Crippen molar-refractivity contribution in [3.05, 3.63) is 98.8 Å². The molecule has 1 saturated heterocycles. The van der Waals surface area contributed by atoms with Gasteiger partial charge in [-0.15, -0.1) is 0 Å². The van der Waals surface area contributed by atoms with Crippen LogP contribution in [0.3, 0.4) is 0 Å². The van der Waals surface area contributed by atoms with E-state index < -0.39 is 85.9 Å². The molecule has 0 spiro atoms. The minimum absolute atomic E-state index is 0.0400. The van der Waals surface area contributed by atoms with Gasteiger partial charge in [0.1, 0.15) is 54.5 Å². The van der Waals surface area contributed by atoms with Crippen molar-refractivity contribution in [1.82, 2.24) is 25.1 Å². The molecule has 2 aromatic carbocycles. The smallest absolute Gasteiger partial charge is 0.408 e. The molecule has 1 aromatic heterocycles. The van der Waals surface area contributed by atoms with Crippen LogP contribution in [-0.4, -0.2) is 113 Å². The standard InChI is InChI=1S/C50H77N5O12Si2/c1-32(2)29-36(53-46(60)63-31-34-19-16-15-17-20-34)43(58)52-27-18-26-51-38(45(59)65-48(3,4)5)39(57)40-41(67-69(13,14)50(9,10)11)42(66-68-49(6,7)8)44(64-40)54-28-25-37(56)55(47(54)61)30-33-21-23-35(62-12)24-22-33/h15-17,19-25,28,32,36,38-42,44,51,57H,18,26-27,29-31H2,1-14H3,(H,52,58)(H,53,60)/t36-,38+,39-,40?,41-,42-,44-/m1/s1. The zero-order valence-electron chi connectivity index (χ0n) is 43.0. The summed E-state index contributed by atoms with van der Waals surface area (Å²) in [4.78, 5) is 68.2. The van der Waals surface area contributed by atoms with E-state index in [4.69, 9.17) is 27.8 Å². The summed E-state index contributed by atoms with van der Waals surface area (Å²) in [6, 6.07) is 15.3. The number of aromatic nitrogens is 2. The van der Waals surface area contributed by atoms with Crippen molar-refractivity contribution in [2.45, 2.75) is 174 Å². The van der Waals surface area contributed by atoms with Crippen molar-refractivity contribution in [2.75, 3.05) is 20.2 Å². The Hall–Kier alpha value is -4.64. The van der Waals surface area contributed by atoms with Crippen molar-refractivity contribution in [3.8, 4) is 5.75 Å².